The number of hydrogen-bond donors (Lipinski definition) is 0. The van der Waals surface area contributed by atoms with Crippen LogP contribution in [0, 0.1) is 5.82 Å². The quantitative estimate of drug-likeness (QED) is 0.259. The van der Waals surface area contributed by atoms with Crippen LogP contribution in [0.2, 0.25) is 10.0 Å². The minimum atomic E-state index is -4.75. The second-order valence-corrected chi connectivity index (χ2v) is 7.92. The molecule has 4 aromatic rings. The molecule has 1 aromatic heterocycles. The highest BCUT2D eigenvalue weighted by molar-refractivity contribution is 6.33. The number of aryl methyl sites for hydroxylation is 1. The molecule has 0 unspecified atom stereocenters. The minimum absolute atomic E-state index is 0.0747. The molecule has 0 aliphatic carbocycles. The minimum Gasteiger partial charge on any atom is -0.487 e. The lowest BCUT2D eigenvalue weighted by Gasteiger charge is -2.11. The summed E-state index contributed by atoms with van der Waals surface area (Å²) in [5.74, 6) is 0.0707. The molecule has 0 amide bonds. The summed E-state index contributed by atoms with van der Waals surface area (Å²) in [6, 6.07) is 14.6. The topological polar surface area (TPSA) is 49.2 Å². The molecule has 0 atom stereocenters. The van der Waals surface area contributed by atoms with Crippen LogP contribution in [-0.2, 0) is 13.7 Å². The molecule has 176 valence electrons. The molecule has 34 heavy (non-hydrogen) atoms. The molecule has 3 aromatic carbocycles. The van der Waals surface area contributed by atoms with Crippen LogP contribution in [0.15, 0.2) is 60.7 Å². The van der Waals surface area contributed by atoms with Crippen molar-refractivity contribution in [3.8, 4) is 34.3 Å². The molecule has 0 bridgehead atoms. The van der Waals surface area contributed by atoms with Gasteiger partial charge in [-0.3, -0.25) is 0 Å². The van der Waals surface area contributed by atoms with Gasteiger partial charge in [-0.2, -0.15) is 5.10 Å². The number of benzene rings is 3. The number of ether oxygens (including phenoxy) is 2. The van der Waals surface area contributed by atoms with Crippen molar-refractivity contribution in [2.24, 2.45) is 7.05 Å². The summed E-state index contributed by atoms with van der Waals surface area (Å²) >= 11 is 12.5. The van der Waals surface area contributed by atoms with E-state index >= 15 is 0 Å². The lowest BCUT2D eigenvalue weighted by Crippen LogP contribution is -2.17. The Morgan fingerprint density at radius 3 is 2.35 bits per heavy atom. The van der Waals surface area contributed by atoms with Crippen LogP contribution in [0.3, 0.4) is 0 Å². The lowest BCUT2D eigenvalue weighted by atomic mass is 10.2. The summed E-state index contributed by atoms with van der Waals surface area (Å²) in [5, 5.41) is 4.73. The third-order valence-corrected chi connectivity index (χ3v) is 5.30. The number of alkyl halides is 3. The molecule has 0 radical (unpaired) electrons. The van der Waals surface area contributed by atoms with Crippen LogP contribution in [0.5, 0.6) is 11.5 Å². The van der Waals surface area contributed by atoms with Gasteiger partial charge < -0.3 is 9.47 Å². The van der Waals surface area contributed by atoms with E-state index in [1.807, 2.05) is 0 Å². The van der Waals surface area contributed by atoms with E-state index in [4.69, 9.17) is 27.9 Å². The van der Waals surface area contributed by atoms with Crippen LogP contribution < -0.4 is 9.47 Å². The first-order chi connectivity index (χ1) is 16.1. The number of nitrogens with zero attached hydrogens (tertiary/aromatic N) is 3. The Bertz CT molecular complexity index is 1300. The molecule has 4 rings (SSSR count). The van der Waals surface area contributed by atoms with Crippen molar-refractivity contribution >= 4 is 23.2 Å². The highest BCUT2D eigenvalue weighted by Crippen LogP contribution is 2.33. The Labute approximate surface area is 201 Å². The highest BCUT2D eigenvalue weighted by atomic mass is 35.5. The zero-order valence-electron chi connectivity index (χ0n) is 17.4. The summed E-state index contributed by atoms with van der Waals surface area (Å²) in [5.41, 5.74) is 1.33. The molecule has 5 nitrogen and oxygen atoms in total. The maximum Gasteiger partial charge on any atom is 0.573 e. The van der Waals surface area contributed by atoms with Gasteiger partial charge >= 0.3 is 6.36 Å². The van der Waals surface area contributed by atoms with E-state index in [9.17, 15) is 17.6 Å². The second-order valence-electron chi connectivity index (χ2n) is 7.10. The third kappa shape index (κ3) is 5.43. The van der Waals surface area contributed by atoms with E-state index in [0.29, 0.717) is 22.7 Å². The monoisotopic (exact) mass is 511 g/mol. The van der Waals surface area contributed by atoms with E-state index in [0.717, 1.165) is 0 Å². The van der Waals surface area contributed by atoms with Crippen molar-refractivity contribution in [2.45, 2.75) is 13.0 Å². The molecule has 0 saturated carbocycles. The first kappa shape index (κ1) is 23.8. The van der Waals surface area contributed by atoms with Gasteiger partial charge in [-0.25, -0.2) is 14.1 Å². The van der Waals surface area contributed by atoms with E-state index in [1.54, 1.807) is 31.3 Å². The normalized spacial score (nSPS) is 11.5. The van der Waals surface area contributed by atoms with Crippen molar-refractivity contribution in [3.63, 3.8) is 0 Å². The van der Waals surface area contributed by atoms with Gasteiger partial charge in [-0.05, 0) is 48.0 Å². The van der Waals surface area contributed by atoms with E-state index in [1.165, 1.54) is 41.1 Å². The SMILES string of the molecule is Cn1nc(-c2c(F)cccc2Cl)nc1-c1ccc(OCc2ccc(OC(F)(F)F)cc2)c(Cl)c1. The second kappa shape index (κ2) is 9.52. The van der Waals surface area contributed by atoms with E-state index in [-0.39, 0.29) is 33.8 Å². The first-order valence-corrected chi connectivity index (χ1v) is 10.5. The summed E-state index contributed by atoms with van der Waals surface area (Å²) in [4.78, 5) is 4.41. The summed E-state index contributed by atoms with van der Waals surface area (Å²) in [6.45, 7) is 0.0747. The average Bonchev–Trinajstić information content (AvgIpc) is 3.14. The van der Waals surface area contributed by atoms with Gasteiger partial charge in [0.2, 0.25) is 0 Å². The summed E-state index contributed by atoms with van der Waals surface area (Å²) in [7, 11) is 1.66. The first-order valence-electron chi connectivity index (χ1n) is 9.73. The molecule has 0 aliphatic heterocycles. The molecule has 0 saturated heterocycles. The van der Waals surface area contributed by atoms with Crippen molar-refractivity contribution in [2.75, 3.05) is 0 Å². The maximum atomic E-state index is 14.2. The largest absolute Gasteiger partial charge is 0.573 e. The Morgan fingerprint density at radius 1 is 0.971 bits per heavy atom. The number of rotatable bonds is 6. The fraction of sp³-hybridized carbons (Fsp3) is 0.130. The van der Waals surface area contributed by atoms with Crippen LogP contribution in [-0.4, -0.2) is 21.1 Å². The fourth-order valence-corrected chi connectivity index (χ4v) is 3.64. The van der Waals surface area contributed by atoms with Crippen molar-refractivity contribution in [1.29, 1.82) is 0 Å². The molecule has 0 N–H and O–H groups in total. The molecule has 1 heterocycles. The molecular formula is C23H15Cl2F4N3O2. The molecule has 0 aliphatic rings. The van der Waals surface area contributed by atoms with Gasteiger partial charge in [-0.1, -0.05) is 41.4 Å². The van der Waals surface area contributed by atoms with Gasteiger partial charge in [0.05, 0.1) is 15.6 Å². The Hall–Kier alpha value is -3.30. The Balaban J connectivity index is 1.49. The zero-order chi connectivity index (χ0) is 24.5. The predicted octanol–water partition coefficient (Wildman–Crippen LogP) is 7.07. The number of hydrogen-bond acceptors (Lipinski definition) is 4. The fourth-order valence-electron chi connectivity index (χ4n) is 3.16. The summed E-state index contributed by atoms with van der Waals surface area (Å²) in [6.07, 6.45) is -4.75. The Morgan fingerprint density at radius 2 is 1.71 bits per heavy atom. The Kier molecular flexibility index (Phi) is 6.67. The van der Waals surface area contributed by atoms with E-state index < -0.39 is 12.2 Å². The highest BCUT2D eigenvalue weighted by Gasteiger charge is 2.31. The van der Waals surface area contributed by atoms with Gasteiger partial charge in [0.15, 0.2) is 11.6 Å². The summed E-state index contributed by atoms with van der Waals surface area (Å²) < 4.78 is 62.1. The van der Waals surface area contributed by atoms with Gasteiger partial charge in [-0.15, -0.1) is 13.2 Å². The smallest absolute Gasteiger partial charge is 0.487 e. The standard InChI is InChI=1S/C23H15Cl2F4N3O2/c1-32-22(30-21(31-32)20-16(24)3-2-4-18(20)26)14-7-10-19(17(25)11-14)33-12-13-5-8-15(9-6-13)34-23(27,28)29/h2-11H,12H2,1H3. The van der Waals surface area contributed by atoms with Gasteiger partial charge in [0.25, 0.3) is 0 Å². The molecule has 11 heteroatoms. The third-order valence-electron chi connectivity index (χ3n) is 4.69. The molecule has 0 spiro atoms. The van der Waals surface area contributed by atoms with Crippen LogP contribution in [0.4, 0.5) is 17.6 Å². The van der Waals surface area contributed by atoms with Crippen molar-refractivity contribution in [3.05, 3.63) is 82.1 Å². The zero-order valence-corrected chi connectivity index (χ0v) is 18.9. The predicted molar refractivity (Wildman–Crippen MR) is 119 cm³/mol. The average molecular weight is 512 g/mol. The van der Waals surface area contributed by atoms with Crippen LogP contribution in [0.1, 0.15) is 5.56 Å². The van der Waals surface area contributed by atoms with Crippen LogP contribution in [0.25, 0.3) is 22.8 Å². The number of halogens is 6. The number of aromatic nitrogens is 3. The van der Waals surface area contributed by atoms with E-state index in [2.05, 4.69) is 14.8 Å². The van der Waals surface area contributed by atoms with Crippen molar-refractivity contribution < 1.29 is 27.0 Å². The van der Waals surface area contributed by atoms with Gasteiger partial charge in [0.1, 0.15) is 23.9 Å². The van der Waals surface area contributed by atoms with Crippen molar-refractivity contribution in [1.82, 2.24) is 14.8 Å². The van der Waals surface area contributed by atoms with Crippen LogP contribution >= 0.6 is 23.2 Å². The molecule has 0 fully saturated rings. The van der Waals surface area contributed by atoms with Gasteiger partial charge in [0, 0.05) is 12.6 Å². The maximum absolute atomic E-state index is 14.2. The molecular weight excluding hydrogens is 497 g/mol. The lowest BCUT2D eigenvalue weighted by molar-refractivity contribution is -0.274.